The highest BCUT2D eigenvalue weighted by Gasteiger charge is 2.14. The quantitative estimate of drug-likeness (QED) is 0.144. The number of methoxy groups -OCH3 is 1. The number of nitrogens with zero attached hydrogens (tertiary/aromatic N) is 2. The van der Waals surface area contributed by atoms with Gasteiger partial charge in [0.05, 0.1) is 13.2 Å². The van der Waals surface area contributed by atoms with E-state index in [1.165, 1.54) is 31.2 Å². The Labute approximate surface area is 199 Å². The summed E-state index contributed by atoms with van der Waals surface area (Å²) in [5, 5.41) is 6.88. The summed E-state index contributed by atoms with van der Waals surface area (Å²) in [5.41, 5.74) is 2.60. The fourth-order valence-corrected chi connectivity index (χ4v) is 3.60. The number of esters is 1. The molecule has 1 aromatic rings. The molecule has 2 N–H and O–H groups in total. The van der Waals surface area contributed by atoms with Crippen molar-refractivity contribution in [2.24, 2.45) is 4.99 Å². The highest BCUT2D eigenvalue weighted by Crippen LogP contribution is 2.23. The summed E-state index contributed by atoms with van der Waals surface area (Å²) in [4.78, 5) is 18.3. The number of ether oxygens (including phenoxy) is 1. The van der Waals surface area contributed by atoms with Crippen LogP contribution in [0.1, 0.15) is 70.4 Å². The van der Waals surface area contributed by atoms with E-state index in [4.69, 9.17) is 4.99 Å². The first-order chi connectivity index (χ1) is 14.1. The summed E-state index contributed by atoms with van der Waals surface area (Å²) in [6, 6.07) is 9.03. The fourth-order valence-electron chi connectivity index (χ4n) is 3.60. The van der Waals surface area contributed by atoms with Crippen LogP contribution in [-0.4, -0.2) is 45.2 Å². The van der Waals surface area contributed by atoms with Crippen molar-refractivity contribution in [2.75, 3.05) is 38.2 Å². The first kappa shape index (κ1) is 26.5. The summed E-state index contributed by atoms with van der Waals surface area (Å²) in [6.45, 7) is 8.22. The van der Waals surface area contributed by atoms with E-state index in [0.717, 1.165) is 57.8 Å². The Bertz CT molecular complexity index is 648. The van der Waals surface area contributed by atoms with Gasteiger partial charge in [0.25, 0.3) is 0 Å². The number of nitrogens with one attached hydrogen (secondary N) is 2. The van der Waals surface area contributed by atoms with Crippen molar-refractivity contribution in [2.45, 2.75) is 64.8 Å². The Balaban J connectivity index is 0.00000450. The molecule has 1 atom stereocenters. The van der Waals surface area contributed by atoms with Crippen LogP contribution in [0.4, 0.5) is 5.69 Å². The minimum Gasteiger partial charge on any atom is -0.469 e. The van der Waals surface area contributed by atoms with E-state index in [1.807, 2.05) is 0 Å². The Kier molecular flexibility index (Phi) is 13.5. The molecule has 0 aliphatic carbocycles. The molecule has 1 heterocycles. The van der Waals surface area contributed by atoms with Crippen LogP contribution in [0, 0.1) is 0 Å². The number of hydrogen-bond donors (Lipinski definition) is 2. The summed E-state index contributed by atoms with van der Waals surface area (Å²) in [7, 11) is 1.44. The molecule has 7 heteroatoms. The zero-order valence-electron chi connectivity index (χ0n) is 18.8. The molecule has 1 aliphatic heterocycles. The monoisotopic (exact) mass is 530 g/mol. The minimum absolute atomic E-state index is 0. The molecule has 6 nitrogen and oxygen atoms in total. The number of anilines is 1. The molecule has 1 saturated heterocycles. The van der Waals surface area contributed by atoms with Crippen LogP contribution < -0.4 is 15.5 Å². The van der Waals surface area contributed by atoms with E-state index < -0.39 is 0 Å². The summed E-state index contributed by atoms with van der Waals surface area (Å²) in [6.07, 6.45) is 7.12. The smallest absolute Gasteiger partial charge is 0.305 e. The van der Waals surface area contributed by atoms with Gasteiger partial charge in [-0.25, -0.2) is 0 Å². The van der Waals surface area contributed by atoms with Gasteiger partial charge < -0.3 is 20.3 Å². The molecule has 1 unspecified atom stereocenters. The number of carbonyl (C=O) groups excluding carboxylic acids is 1. The standard InChI is InChI=1S/C23H38N4O2.HI/c1-4-24-23(25-15-8-6-5-7-14-22(28)29-3)26-19(2)20-12-11-13-21(18-20)27-16-9-10-17-27;/h11-13,18-19H,4-10,14-17H2,1-3H3,(H2,24,25,26);1H. The summed E-state index contributed by atoms with van der Waals surface area (Å²) in [5.74, 6) is 0.741. The van der Waals surface area contributed by atoms with Crippen LogP contribution >= 0.6 is 24.0 Å². The molecule has 2 rings (SSSR count). The van der Waals surface area contributed by atoms with E-state index in [0.29, 0.717) is 6.42 Å². The Hall–Kier alpha value is -1.51. The van der Waals surface area contributed by atoms with Gasteiger partial charge in [-0.15, -0.1) is 24.0 Å². The zero-order valence-corrected chi connectivity index (χ0v) is 21.1. The zero-order chi connectivity index (χ0) is 20.9. The molecule has 30 heavy (non-hydrogen) atoms. The van der Waals surface area contributed by atoms with Gasteiger partial charge in [0.1, 0.15) is 0 Å². The van der Waals surface area contributed by atoms with Crippen molar-refractivity contribution in [1.29, 1.82) is 0 Å². The van der Waals surface area contributed by atoms with E-state index in [9.17, 15) is 4.79 Å². The van der Waals surface area contributed by atoms with Crippen molar-refractivity contribution in [3.8, 4) is 0 Å². The van der Waals surface area contributed by atoms with Crippen molar-refractivity contribution in [3.05, 3.63) is 29.8 Å². The first-order valence-electron chi connectivity index (χ1n) is 11.1. The fraction of sp³-hybridized carbons (Fsp3) is 0.652. The summed E-state index contributed by atoms with van der Waals surface area (Å²) < 4.78 is 4.67. The highest BCUT2D eigenvalue weighted by atomic mass is 127. The van der Waals surface area contributed by atoms with Crippen molar-refractivity contribution in [1.82, 2.24) is 10.6 Å². The predicted octanol–water partition coefficient (Wildman–Crippen LogP) is 4.64. The van der Waals surface area contributed by atoms with Gasteiger partial charge in [0.15, 0.2) is 5.96 Å². The second-order valence-corrected chi connectivity index (χ2v) is 7.66. The molecule has 0 saturated carbocycles. The number of rotatable bonds is 11. The van der Waals surface area contributed by atoms with Crippen LogP contribution in [0.2, 0.25) is 0 Å². The van der Waals surface area contributed by atoms with Crippen molar-refractivity contribution >= 4 is 41.6 Å². The highest BCUT2D eigenvalue weighted by molar-refractivity contribution is 14.0. The third-order valence-electron chi connectivity index (χ3n) is 5.33. The van der Waals surface area contributed by atoms with Crippen LogP contribution in [0.25, 0.3) is 0 Å². The number of carbonyl (C=O) groups is 1. The van der Waals surface area contributed by atoms with Gasteiger partial charge in [-0.05, 0) is 57.2 Å². The molecule has 170 valence electrons. The molecule has 0 amide bonds. The number of guanidine groups is 1. The van der Waals surface area contributed by atoms with Crippen LogP contribution in [-0.2, 0) is 9.53 Å². The van der Waals surface area contributed by atoms with Gasteiger partial charge >= 0.3 is 5.97 Å². The van der Waals surface area contributed by atoms with E-state index >= 15 is 0 Å². The molecule has 0 aromatic heterocycles. The second kappa shape index (κ2) is 15.3. The van der Waals surface area contributed by atoms with Crippen molar-refractivity contribution < 1.29 is 9.53 Å². The Morgan fingerprint density at radius 1 is 1.20 bits per heavy atom. The third kappa shape index (κ3) is 9.53. The maximum Gasteiger partial charge on any atom is 0.305 e. The topological polar surface area (TPSA) is 66.0 Å². The van der Waals surface area contributed by atoms with Crippen LogP contribution in [0.15, 0.2) is 29.3 Å². The second-order valence-electron chi connectivity index (χ2n) is 7.66. The number of benzene rings is 1. The molecule has 1 aromatic carbocycles. The number of aliphatic imine (C=N–C) groups is 1. The van der Waals surface area contributed by atoms with Gasteiger partial charge in [-0.2, -0.15) is 0 Å². The molecule has 0 spiro atoms. The Morgan fingerprint density at radius 3 is 2.63 bits per heavy atom. The van der Waals surface area contributed by atoms with Crippen LogP contribution in [0.3, 0.4) is 0 Å². The van der Waals surface area contributed by atoms with E-state index in [-0.39, 0.29) is 36.0 Å². The molecular formula is C23H39IN4O2. The molecule has 1 aliphatic rings. The molecule has 1 fully saturated rings. The number of unbranched alkanes of at least 4 members (excludes halogenated alkanes) is 3. The lowest BCUT2D eigenvalue weighted by atomic mass is 10.1. The Morgan fingerprint density at radius 2 is 1.93 bits per heavy atom. The average molecular weight is 530 g/mol. The minimum atomic E-state index is -0.121. The largest absolute Gasteiger partial charge is 0.469 e. The number of halogens is 1. The molecule has 0 bridgehead atoms. The predicted molar refractivity (Wildman–Crippen MR) is 136 cm³/mol. The lowest BCUT2D eigenvalue weighted by Crippen LogP contribution is -2.38. The van der Waals surface area contributed by atoms with Gasteiger partial charge in [0, 0.05) is 38.3 Å². The summed E-state index contributed by atoms with van der Waals surface area (Å²) >= 11 is 0. The number of hydrogen-bond acceptors (Lipinski definition) is 4. The van der Waals surface area contributed by atoms with E-state index in [1.54, 1.807) is 0 Å². The SMILES string of the molecule is CCNC(=NCCCCCCC(=O)OC)NC(C)c1cccc(N2CCCC2)c1.I. The lowest BCUT2D eigenvalue weighted by molar-refractivity contribution is -0.140. The molecule has 0 radical (unpaired) electrons. The third-order valence-corrected chi connectivity index (χ3v) is 5.33. The maximum absolute atomic E-state index is 11.1. The van der Waals surface area contributed by atoms with Gasteiger partial charge in [0.2, 0.25) is 0 Å². The van der Waals surface area contributed by atoms with E-state index in [2.05, 4.69) is 58.4 Å². The molecular weight excluding hydrogens is 491 g/mol. The van der Waals surface area contributed by atoms with Gasteiger partial charge in [-0.1, -0.05) is 25.0 Å². The maximum atomic E-state index is 11.1. The van der Waals surface area contributed by atoms with Gasteiger partial charge in [-0.3, -0.25) is 9.79 Å². The average Bonchev–Trinajstić information content (AvgIpc) is 3.28. The first-order valence-corrected chi connectivity index (χ1v) is 11.1. The lowest BCUT2D eigenvalue weighted by Gasteiger charge is -2.22. The van der Waals surface area contributed by atoms with Crippen molar-refractivity contribution in [3.63, 3.8) is 0 Å². The normalized spacial score (nSPS) is 14.8. The van der Waals surface area contributed by atoms with Crippen LogP contribution in [0.5, 0.6) is 0 Å².